The molecular weight excluding hydrogens is 497 g/mol. The van der Waals surface area contributed by atoms with Crippen molar-refractivity contribution in [3.05, 3.63) is 58.9 Å². The largest absolute Gasteiger partial charge is 0.377 e. The number of hydrogen-bond donors (Lipinski definition) is 1. The molecule has 1 saturated carbocycles. The van der Waals surface area contributed by atoms with Crippen LogP contribution in [0.3, 0.4) is 0 Å². The van der Waals surface area contributed by atoms with Crippen molar-refractivity contribution in [2.24, 2.45) is 11.8 Å². The van der Waals surface area contributed by atoms with Crippen LogP contribution in [0.2, 0.25) is 5.02 Å². The number of nitrogens with zero attached hydrogens (tertiary/aromatic N) is 4. The van der Waals surface area contributed by atoms with E-state index in [2.05, 4.69) is 15.3 Å². The average Bonchev–Trinajstić information content (AvgIpc) is 3.23. The monoisotopic (exact) mass is 526 g/mol. The van der Waals surface area contributed by atoms with Crippen molar-refractivity contribution in [2.75, 3.05) is 48.4 Å². The third kappa shape index (κ3) is 4.36. The molecule has 2 aliphatic heterocycles. The summed E-state index contributed by atoms with van der Waals surface area (Å²) in [6, 6.07) is 10.6. The van der Waals surface area contributed by atoms with Gasteiger partial charge in [0.25, 0.3) is 5.91 Å². The Labute approximate surface area is 223 Å². The molecule has 2 unspecified atom stereocenters. The number of ether oxygens (including phenoxy) is 1. The molecule has 2 saturated heterocycles. The second kappa shape index (κ2) is 9.15. The Hall–Kier alpha value is -3.43. The number of carbonyl (C=O) groups is 2. The number of benzene rings is 2. The first-order chi connectivity index (χ1) is 19.0. The van der Waals surface area contributed by atoms with Gasteiger partial charge in [0, 0.05) is 42.7 Å². The van der Waals surface area contributed by atoms with Crippen molar-refractivity contribution in [3.63, 3.8) is 0 Å². The molecule has 2 aromatic carbocycles. The quantitative estimate of drug-likeness (QED) is 0.507. The molecule has 10 heteroatoms. The highest BCUT2D eigenvalue weighted by Gasteiger charge is 2.45. The van der Waals surface area contributed by atoms with Crippen LogP contribution in [-0.2, 0) is 9.53 Å². The minimum atomic E-state index is -2.93. The maximum Gasteiger partial charge on any atom is 0.262 e. The van der Waals surface area contributed by atoms with E-state index in [1.54, 1.807) is 22.9 Å². The fourth-order valence-corrected chi connectivity index (χ4v) is 5.38. The second-order valence-corrected chi connectivity index (χ2v) is 10.2. The van der Waals surface area contributed by atoms with Crippen molar-refractivity contribution in [1.82, 2.24) is 9.78 Å². The van der Waals surface area contributed by atoms with E-state index in [0.717, 1.165) is 31.1 Å². The number of amides is 2. The van der Waals surface area contributed by atoms with E-state index in [1.165, 1.54) is 19.1 Å². The third-order valence-corrected chi connectivity index (χ3v) is 7.53. The zero-order valence-electron chi connectivity index (χ0n) is 23.1. The highest BCUT2D eigenvalue weighted by atomic mass is 35.5. The standard InChI is InChI=1S/C27H27ClFN5O3/c1-15(35)30-25-10-23(34(31-25)19-13-37-14-19)16-6-7-22(24(9-16)33-11-17-8-18(17)12-33)32(2)27(36)26-20(28)4-3-5-21(26)29/h3-7,9-10,17-19H,8,11-14H2,1-2H3,(H,30,31,35)/i2D3. The van der Waals surface area contributed by atoms with Crippen molar-refractivity contribution < 1.29 is 22.8 Å². The first-order valence-electron chi connectivity index (χ1n) is 13.6. The lowest BCUT2D eigenvalue weighted by atomic mass is 10.1. The van der Waals surface area contributed by atoms with E-state index in [-0.39, 0.29) is 22.7 Å². The first kappa shape index (κ1) is 20.6. The molecule has 1 aromatic heterocycles. The minimum Gasteiger partial charge on any atom is -0.377 e. The number of hydrogen-bond acceptors (Lipinski definition) is 5. The van der Waals surface area contributed by atoms with Crippen LogP contribution in [0.5, 0.6) is 0 Å². The van der Waals surface area contributed by atoms with E-state index in [0.29, 0.717) is 47.1 Å². The molecule has 3 aromatic rings. The summed E-state index contributed by atoms with van der Waals surface area (Å²) in [6.45, 7) is 0.859. The van der Waals surface area contributed by atoms with E-state index in [1.807, 2.05) is 6.07 Å². The summed E-state index contributed by atoms with van der Waals surface area (Å²) in [5, 5.41) is 7.11. The topological polar surface area (TPSA) is 79.7 Å². The lowest BCUT2D eigenvalue weighted by Gasteiger charge is -2.30. The van der Waals surface area contributed by atoms with Crippen LogP contribution in [0.15, 0.2) is 42.5 Å². The summed E-state index contributed by atoms with van der Waals surface area (Å²) in [5.74, 6) is -0.796. The second-order valence-electron chi connectivity index (χ2n) is 9.83. The van der Waals surface area contributed by atoms with Crippen molar-refractivity contribution >= 4 is 40.6 Å². The van der Waals surface area contributed by atoms with Gasteiger partial charge in [0.1, 0.15) is 5.82 Å². The van der Waals surface area contributed by atoms with Crippen LogP contribution in [0.1, 0.15) is 33.9 Å². The molecular formula is C27H27ClFN5O3. The lowest BCUT2D eigenvalue weighted by molar-refractivity contribution is -0.114. The maximum absolute atomic E-state index is 14.8. The van der Waals surface area contributed by atoms with Gasteiger partial charge in [-0.3, -0.25) is 14.3 Å². The fraction of sp³-hybridized carbons (Fsp3) is 0.370. The van der Waals surface area contributed by atoms with Gasteiger partial charge in [0.2, 0.25) is 5.91 Å². The van der Waals surface area contributed by atoms with Gasteiger partial charge >= 0.3 is 0 Å². The zero-order valence-corrected chi connectivity index (χ0v) is 20.8. The molecule has 1 N–H and O–H groups in total. The summed E-state index contributed by atoms with van der Waals surface area (Å²) < 4.78 is 46.7. The maximum atomic E-state index is 14.8. The summed E-state index contributed by atoms with van der Waals surface area (Å²) in [7, 11) is 0. The van der Waals surface area contributed by atoms with Crippen molar-refractivity contribution in [1.29, 1.82) is 0 Å². The smallest absolute Gasteiger partial charge is 0.262 e. The summed E-state index contributed by atoms with van der Waals surface area (Å²) in [4.78, 5) is 28.1. The highest BCUT2D eigenvalue weighted by Crippen LogP contribution is 2.48. The molecule has 3 fully saturated rings. The van der Waals surface area contributed by atoms with Gasteiger partial charge in [0.05, 0.1) is 46.9 Å². The van der Waals surface area contributed by atoms with Gasteiger partial charge in [0.15, 0.2) is 5.82 Å². The van der Waals surface area contributed by atoms with Crippen LogP contribution in [0.4, 0.5) is 21.6 Å². The number of nitrogens with one attached hydrogen (secondary N) is 1. The molecule has 192 valence electrons. The molecule has 6 rings (SSSR count). The van der Waals surface area contributed by atoms with Crippen LogP contribution in [-0.4, -0.2) is 54.9 Å². The first-order valence-corrected chi connectivity index (χ1v) is 12.5. The molecule has 8 nitrogen and oxygen atoms in total. The van der Waals surface area contributed by atoms with E-state index < -0.39 is 24.3 Å². The molecule has 37 heavy (non-hydrogen) atoms. The lowest BCUT2D eigenvalue weighted by Crippen LogP contribution is -2.32. The Bertz CT molecular complexity index is 1480. The Morgan fingerprint density at radius 2 is 2.00 bits per heavy atom. The molecule has 0 radical (unpaired) electrons. The molecule has 2 atom stereocenters. The minimum absolute atomic E-state index is 0.0243. The Balaban J connectivity index is 1.48. The predicted octanol–water partition coefficient (Wildman–Crippen LogP) is 4.61. The third-order valence-electron chi connectivity index (χ3n) is 7.22. The van der Waals surface area contributed by atoms with E-state index in [9.17, 15) is 14.0 Å². The molecule has 3 aliphatic rings. The fourth-order valence-electron chi connectivity index (χ4n) is 5.14. The van der Waals surface area contributed by atoms with Crippen molar-refractivity contribution in [2.45, 2.75) is 19.4 Å². The number of piperidine rings is 1. The summed E-state index contributed by atoms with van der Waals surface area (Å²) in [5.41, 5.74) is 1.60. The summed E-state index contributed by atoms with van der Waals surface area (Å²) in [6.07, 6.45) is 1.12. The zero-order chi connectivity index (χ0) is 28.3. The average molecular weight is 527 g/mol. The normalized spacial score (nSPS) is 21.9. The van der Waals surface area contributed by atoms with Crippen LogP contribution in [0.25, 0.3) is 11.3 Å². The van der Waals surface area contributed by atoms with Gasteiger partial charge in [-0.05, 0) is 42.5 Å². The number of carbonyl (C=O) groups excluding carboxylic acids is 2. The molecule has 2 amide bonds. The number of anilines is 3. The van der Waals surface area contributed by atoms with Gasteiger partial charge in [-0.1, -0.05) is 23.7 Å². The van der Waals surface area contributed by atoms with Crippen LogP contribution < -0.4 is 15.1 Å². The number of fused-ring (bicyclic) bond motifs is 1. The molecule has 0 spiro atoms. The van der Waals surface area contributed by atoms with Gasteiger partial charge in [-0.15, -0.1) is 0 Å². The van der Waals surface area contributed by atoms with Gasteiger partial charge < -0.3 is 19.9 Å². The van der Waals surface area contributed by atoms with E-state index >= 15 is 0 Å². The predicted molar refractivity (Wildman–Crippen MR) is 140 cm³/mol. The van der Waals surface area contributed by atoms with Crippen LogP contribution in [0, 0.1) is 17.7 Å². The van der Waals surface area contributed by atoms with Gasteiger partial charge in [-0.2, -0.15) is 5.10 Å². The number of rotatable bonds is 6. The Morgan fingerprint density at radius 1 is 1.22 bits per heavy atom. The van der Waals surface area contributed by atoms with Gasteiger partial charge in [-0.25, -0.2) is 4.39 Å². The Morgan fingerprint density at radius 3 is 2.65 bits per heavy atom. The SMILES string of the molecule is [2H]C([2H])([2H])N(C(=O)c1c(F)cccc1Cl)c1ccc(-c2cc(NC(C)=O)nn2C2COC2)cc1N1CC2CC2C1. The molecule has 3 heterocycles. The van der Waals surface area contributed by atoms with E-state index in [4.69, 9.17) is 20.5 Å². The Kier molecular flexibility index (Phi) is 5.09. The molecule has 0 bridgehead atoms. The van der Waals surface area contributed by atoms with Crippen molar-refractivity contribution in [3.8, 4) is 11.3 Å². The number of aromatic nitrogens is 2. The number of halogens is 2. The summed E-state index contributed by atoms with van der Waals surface area (Å²) >= 11 is 6.18. The molecule has 1 aliphatic carbocycles. The van der Waals surface area contributed by atoms with Crippen LogP contribution >= 0.6 is 11.6 Å². The highest BCUT2D eigenvalue weighted by molar-refractivity contribution is 6.34.